The van der Waals surface area contributed by atoms with Crippen molar-refractivity contribution in [1.29, 1.82) is 0 Å². The first-order chi connectivity index (χ1) is 16.5. The highest BCUT2D eigenvalue weighted by Gasteiger charge is 2.38. The topological polar surface area (TPSA) is 79.1 Å². The Morgan fingerprint density at radius 2 is 1.94 bits per heavy atom. The number of fused-ring (bicyclic) bond motifs is 1. The van der Waals surface area contributed by atoms with Crippen LogP contribution in [0.15, 0.2) is 24.5 Å². The van der Waals surface area contributed by atoms with Crippen LogP contribution in [-0.2, 0) is 0 Å². The Hall–Kier alpha value is -2.00. The SMILES string of the molecule is O[C@H]1CCC[C@H]1N1CC[C@H](c2cc3nc(Nc4cnn(C5CC5)c4Cl)ncc3cc2Cl)[C@@H](F)C1. The summed E-state index contributed by atoms with van der Waals surface area (Å²) >= 11 is 13.1. The van der Waals surface area contributed by atoms with Crippen molar-refractivity contribution in [3.63, 3.8) is 0 Å². The van der Waals surface area contributed by atoms with Gasteiger partial charge in [-0.1, -0.05) is 23.2 Å². The molecule has 7 nitrogen and oxygen atoms in total. The van der Waals surface area contributed by atoms with Gasteiger partial charge in [0.05, 0.1) is 29.5 Å². The van der Waals surface area contributed by atoms with Gasteiger partial charge in [0.25, 0.3) is 0 Å². The zero-order valence-electron chi connectivity index (χ0n) is 18.7. The lowest BCUT2D eigenvalue weighted by molar-refractivity contribution is 0.0271. The second kappa shape index (κ2) is 8.90. The van der Waals surface area contributed by atoms with E-state index in [2.05, 4.69) is 25.3 Å². The molecule has 0 spiro atoms. The van der Waals surface area contributed by atoms with E-state index in [9.17, 15) is 5.11 Å². The van der Waals surface area contributed by atoms with Gasteiger partial charge < -0.3 is 10.4 Å². The fourth-order valence-corrected chi connectivity index (χ4v) is 6.05. The molecule has 6 rings (SSSR count). The van der Waals surface area contributed by atoms with Crippen LogP contribution in [0.2, 0.25) is 10.2 Å². The number of rotatable bonds is 5. The molecule has 0 radical (unpaired) electrons. The maximum absolute atomic E-state index is 15.4. The molecule has 0 unspecified atom stereocenters. The number of aliphatic hydroxyl groups excluding tert-OH is 1. The van der Waals surface area contributed by atoms with Gasteiger partial charge in [0.15, 0.2) is 5.15 Å². The number of nitrogens with one attached hydrogen (secondary N) is 1. The van der Waals surface area contributed by atoms with E-state index in [1.807, 2.05) is 16.8 Å². The van der Waals surface area contributed by atoms with Gasteiger partial charge in [-0.25, -0.2) is 19.0 Å². The molecule has 0 amide bonds. The van der Waals surface area contributed by atoms with E-state index in [1.54, 1.807) is 12.4 Å². The van der Waals surface area contributed by atoms with Gasteiger partial charge in [-0.05, 0) is 62.8 Å². The van der Waals surface area contributed by atoms with Crippen molar-refractivity contribution in [2.45, 2.75) is 68.8 Å². The predicted molar refractivity (Wildman–Crippen MR) is 131 cm³/mol. The van der Waals surface area contributed by atoms with Gasteiger partial charge in [0.1, 0.15) is 6.17 Å². The van der Waals surface area contributed by atoms with Crippen molar-refractivity contribution in [3.8, 4) is 0 Å². The molecule has 4 atom stereocenters. The highest BCUT2D eigenvalue weighted by molar-refractivity contribution is 6.32. The number of hydrogen-bond acceptors (Lipinski definition) is 6. The number of nitrogens with zero attached hydrogens (tertiary/aromatic N) is 5. The summed E-state index contributed by atoms with van der Waals surface area (Å²) in [5.74, 6) is 0.101. The summed E-state index contributed by atoms with van der Waals surface area (Å²) < 4.78 is 17.2. The molecule has 1 aliphatic heterocycles. The lowest BCUT2D eigenvalue weighted by atomic mass is 9.86. The Morgan fingerprint density at radius 3 is 2.68 bits per heavy atom. The first-order valence-electron chi connectivity index (χ1n) is 12.0. The number of benzene rings is 1. The van der Waals surface area contributed by atoms with E-state index >= 15 is 4.39 Å². The molecular formula is C24H27Cl2FN6O. The van der Waals surface area contributed by atoms with Gasteiger partial charge in [-0.15, -0.1) is 0 Å². The average Bonchev–Trinajstić information content (AvgIpc) is 3.47. The van der Waals surface area contributed by atoms with Gasteiger partial charge in [-0.2, -0.15) is 5.10 Å². The maximum atomic E-state index is 15.4. The van der Waals surface area contributed by atoms with Crippen molar-refractivity contribution in [2.75, 3.05) is 18.4 Å². The Kier molecular flexibility index (Phi) is 5.88. The van der Waals surface area contributed by atoms with E-state index in [1.165, 1.54) is 0 Å². The van der Waals surface area contributed by atoms with Crippen LogP contribution in [0.5, 0.6) is 0 Å². The minimum absolute atomic E-state index is 0.0729. The van der Waals surface area contributed by atoms with E-state index in [-0.39, 0.29) is 18.1 Å². The maximum Gasteiger partial charge on any atom is 0.227 e. The molecule has 34 heavy (non-hydrogen) atoms. The second-order valence-corrected chi connectivity index (χ2v) is 10.5. The molecule has 2 N–H and O–H groups in total. The van der Waals surface area contributed by atoms with Crippen LogP contribution in [-0.4, -0.2) is 61.2 Å². The molecule has 2 saturated carbocycles. The molecule has 180 valence electrons. The number of halogens is 3. The standard InChI is InChI=1S/C24H27Cl2FN6O/c25-17-8-13-10-28-24(31-20-11-29-33(23(20)26)14-4-5-14)30-19(13)9-16(17)15-6-7-32(12-18(15)27)21-2-1-3-22(21)34/h8-11,14-15,18,21-22,34H,1-7,12H2,(H,28,30,31)/t15-,18+,21-,22+/m1/s1. The molecule has 3 aliphatic rings. The third-order valence-electron chi connectivity index (χ3n) is 7.46. The number of aromatic nitrogens is 4. The Balaban J connectivity index is 1.23. The summed E-state index contributed by atoms with van der Waals surface area (Å²) in [4.78, 5) is 11.2. The van der Waals surface area contributed by atoms with Crippen LogP contribution in [0.3, 0.4) is 0 Å². The van der Waals surface area contributed by atoms with Crippen LogP contribution < -0.4 is 5.32 Å². The average molecular weight is 505 g/mol. The van der Waals surface area contributed by atoms with E-state index in [4.69, 9.17) is 23.2 Å². The Bertz CT molecular complexity index is 1220. The van der Waals surface area contributed by atoms with Gasteiger partial charge >= 0.3 is 0 Å². The van der Waals surface area contributed by atoms with E-state index < -0.39 is 6.17 Å². The number of anilines is 2. The minimum Gasteiger partial charge on any atom is -0.391 e. The molecule has 1 saturated heterocycles. The van der Waals surface area contributed by atoms with E-state index in [0.717, 1.165) is 49.6 Å². The molecule has 3 fully saturated rings. The fourth-order valence-electron chi connectivity index (χ4n) is 5.46. The van der Waals surface area contributed by atoms with Crippen molar-refractivity contribution < 1.29 is 9.50 Å². The second-order valence-electron chi connectivity index (χ2n) is 9.75. The number of aliphatic hydroxyl groups is 1. The number of piperidine rings is 1. The summed E-state index contributed by atoms with van der Waals surface area (Å²) in [6, 6.07) is 4.15. The summed E-state index contributed by atoms with van der Waals surface area (Å²) in [5.41, 5.74) is 2.13. The van der Waals surface area contributed by atoms with Crippen LogP contribution in [0.1, 0.15) is 56.0 Å². The molecule has 0 bridgehead atoms. The first-order valence-corrected chi connectivity index (χ1v) is 12.8. The summed E-state index contributed by atoms with van der Waals surface area (Å²) in [7, 11) is 0. The van der Waals surface area contributed by atoms with Crippen molar-refractivity contribution >= 4 is 45.7 Å². The Labute approximate surface area is 207 Å². The first kappa shape index (κ1) is 22.5. The van der Waals surface area contributed by atoms with Crippen LogP contribution in [0.4, 0.5) is 16.0 Å². The molecule has 3 heterocycles. The number of hydrogen-bond donors (Lipinski definition) is 2. The van der Waals surface area contributed by atoms with Crippen molar-refractivity contribution in [3.05, 3.63) is 40.3 Å². The highest BCUT2D eigenvalue weighted by Crippen LogP contribution is 2.40. The summed E-state index contributed by atoms with van der Waals surface area (Å²) in [6.07, 6.45) is 7.57. The molecule has 2 aromatic heterocycles. The third-order valence-corrected chi connectivity index (χ3v) is 8.16. The van der Waals surface area contributed by atoms with Gasteiger partial charge in [-0.3, -0.25) is 4.90 Å². The lowest BCUT2D eigenvalue weighted by Crippen LogP contribution is -2.49. The molecular weight excluding hydrogens is 478 g/mol. The summed E-state index contributed by atoms with van der Waals surface area (Å²) in [5, 5.41) is 19.6. The zero-order valence-corrected chi connectivity index (χ0v) is 20.2. The van der Waals surface area contributed by atoms with Crippen molar-refractivity contribution in [2.24, 2.45) is 0 Å². The molecule has 2 aliphatic carbocycles. The zero-order chi connectivity index (χ0) is 23.4. The molecule has 1 aromatic carbocycles. The quantitative estimate of drug-likeness (QED) is 0.493. The van der Waals surface area contributed by atoms with Crippen LogP contribution in [0, 0.1) is 0 Å². The summed E-state index contributed by atoms with van der Waals surface area (Å²) in [6.45, 7) is 1.07. The van der Waals surface area contributed by atoms with Crippen LogP contribution in [0.25, 0.3) is 10.9 Å². The minimum atomic E-state index is -1.05. The highest BCUT2D eigenvalue weighted by atomic mass is 35.5. The van der Waals surface area contributed by atoms with Crippen molar-refractivity contribution in [1.82, 2.24) is 24.6 Å². The smallest absolute Gasteiger partial charge is 0.227 e. The third kappa shape index (κ3) is 4.15. The predicted octanol–water partition coefficient (Wildman–Crippen LogP) is 5.25. The fraction of sp³-hybridized carbons (Fsp3) is 0.542. The van der Waals surface area contributed by atoms with Gasteiger partial charge in [0.2, 0.25) is 5.95 Å². The lowest BCUT2D eigenvalue weighted by Gasteiger charge is -2.39. The van der Waals surface area contributed by atoms with Crippen LogP contribution >= 0.6 is 23.2 Å². The largest absolute Gasteiger partial charge is 0.391 e. The Morgan fingerprint density at radius 1 is 1.09 bits per heavy atom. The number of alkyl halides is 1. The monoisotopic (exact) mass is 504 g/mol. The number of likely N-dealkylation sites (tertiary alicyclic amines) is 1. The molecule has 3 aromatic rings. The van der Waals surface area contributed by atoms with E-state index in [0.29, 0.717) is 46.3 Å². The molecule has 10 heteroatoms. The normalized spacial score (nSPS) is 28.0. The van der Waals surface area contributed by atoms with Gasteiger partial charge in [0, 0.05) is 35.1 Å².